The molecule has 0 aliphatic heterocycles. The van der Waals surface area contributed by atoms with Crippen molar-refractivity contribution < 1.29 is 14.6 Å². The number of halogens is 1. The van der Waals surface area contributed by atoms with Crippen molar-refractivity contribution in [3.63, 3.8) is 0 Å². The van der Waals surface area contributed by atoms with Gasteiger partial charge in [-0.3, -0.25) is 0 Å². The van der Waals surface area contributed by atoms with Crippen LogP contribution in [0.2, 0.25) is 0 Å². The highest BCUT2D eigenvalue weighted by atomic mass is 127. The molecule has 0 radical (unpaired) electrons. The molecule has 0 fully saturated rings. The molecule has 0 aliphatic rings. The maximum atomic E-state index is 10.9. The van der Waals surface area contributed by atoms with Crippen LogP contribution in [0.5, 0.6) is 5.75 Å². The number of nitrogens with one attached hydrogen (secondary N) is 1. The molecule has 7 heteroatoms. The van der Waals surface area contributed by atoms with Gasteiger partial charge in [-0.05, 0) is 40.9 Å². The number of anilines is 1. The van der Waals surface area contributed by atoms with Crippen molar-refractivity contribution in [2.24, 2.45) is 5.73 Å². The smallest absolute Gasteiger partial charge is 0.339 e. The van der Waals surface area contributed by atoms with Crippen LogP contribution in [0.15, 0.2) is 12.1 Å². The van der Waals surface area contributed by atoms with Crippen molar-refractivity contribution in [2.75, 3.05) is 12.4 Å². The molecule has 0 atom stereocenters. The van der Waals surface area contributed by atoms with Crippen LogP contribution in [0.25, 0.3) is 0 Å². The van der Waals surface area contributed by atoms with Crippen LogP contribution in [0.4, 0.5) is 5.69 Å². The molecule has 4 N–H and O–H groups in total. The Morgan fingerprint density at radius 1 is 1.62 bits per heavy atom. The van der Waals surface area contributed by atoms with Gasteiger partial charge in [0.25, 0.3) is 0 Å². The largest absolute Gasteiger partial charge is 0.496 e. The average Bonchev–Trinajstić information content (AvgIpc) is 2.19. The lowest BCUT2D eigenvalue weighted by Crippen LogP contribution is -2.19. The second-order valence-electron chi connectivity index (χ2n) is 2.83. The van der Waals surface area contributed by atoms with E-state index in [4.69, 9.17) is 27.8 Å². The Hall–Kier alpha value is -1.09. The first-order chi connectivity index (χ1) is 7.45. The minimum Gasteiger partial charge on any atom is -0.496 e. The van der Waals surface area contributed by atoms with Gasteiger partial charge in [0.1, 0.15) is 11.3 Å². The van der Waals surface area contributed by atoms with E-state index in [1.165, 1.54) is 13.2 Å². The first-order valence-electron chi connectivity index (χ1n) is 4.13. The standard InChI is InChI=1S/C9H9IN2O3S/c1-15-7-3-6(12-9(11)16)5(10)2-4(7)8(13)14/h2-3H,1H3,(H,13,14)(H3,11,12,16). The average molecular weight is 352 g/mol. The van der Waals surface area contributed by atoms with Crippen LogP contribution in [0.1, 0.15) is 10.4 Å². The highest BCUT2D eigenvalue weighted by Gasteiger charge is 2.14. The van der Waals surface area contributed by atoms with Crippen LogP contribution in [-0.2, 0) is 0 Å². The van der Waals surface area contributed by atoms with E-state index in [0.717, 1.165) is 0 Å². The molecule has 0 aliphatic carbocycles. The number of carboxylic acid groups (broad SMARTS) is 1. The van der Waals surface area contributed by atoms with Gasteiger partial charge in [0.05, 0.1) is 12.8 Å². The second kappa shape index (κ2) is 5.30. The summed E-state index contributed by atoms with van der Waals surface area (Å²) in [5.74, 6) is -0.789. The van der Waals surface area contributed by atoms with Crippen molar-refractivity contribution in [3.05, 3.63) is 21.3 Å². The molecular weight excluding hydrogens is 343 g/mol. The highest BCUT2D eigenvalue weighted by Crippen LogP contribution is 2.28. The molecule has 16 heavy (non-hydrogen) atoms. The summed E-state index contributed by atoms with van der Waals surface area (Å²) < 4.78 is 5.67. The number of hydrogen-bond donors (Lipinski definition) is 3. The summed E-state index contributed by atoms with van der Waals surface area (Å²) in [5.41, 5.74) is 6.06. The number of benzene rings is 1. The van der Waals surface area contributed by atoms with Gasteiger partial charge in [-0.25, -0.2) is 4.79 Å². The van der Waals surface area contributed by atoms with Gasteiger partial charge in [-0.15, -0.1) is 0 Å². The Morgan fingerprint density at radius 3 is 2.69 bits per heavy atom. The number of carboxylic acids is 1. The van der Waals surface area contributed by atoms with Crippen molar-refractivity contribution >= 4 is 51.6 Å². The molecular formula is C9H9IN2O3S. The van der Waals surface area contributed by atoms with Crippen molar-refractivity contribution in [3.8, 4) is 5.75 Å². The van der Waals surface area contributed by atoms with Gasteiger partial charge in [0, 0.05) is 9.64 Å². The lowest BCUT2D eigenvalue weighted by molar-refractivity contribution is 0.0693. The minimum atomic E-state index is -1.04. The Balaban J connectivity index is 3.25. The Bertz CT molecular complexity index is 451. The fourth-order valence-electron chi connectivity index (χ4n) is 1.12. The highest BCUT2D eigenvalue weighted by molar-refractivity contribution is 14.1. The van der Waals surface area contributed by atoms with Crippen molar-refractivity contribution in [2.45, 2.75) is 0 Å². The van der Waals surface area contributed by atoms with E-state index in [1.54, 1.807) is 6.07 Å². The molecule has 0 saturated heterocycles. The molecule has 5 nitrogen and oxygen atoms in total. The number of thiocarbonyl (C=S) groups is 1. The second-order valence-corrected chi connectivity index (χ2v) is 4.43. The molecule has 1 rings (SSSR count). The van der Waals surface area contributed by atoms with Gasteiger partial charge in [-0.1, -0.05) is 0 Å². The molecule has 0 spiro atoms. The van der Waals surface area contributed by atoms with E-state index >= 15 is 0 Å². The molecule has 0 saturated carbocycles. The number of aromatic carboxylic acids is 1. The molecule has 0 amide bonds. The third-order valence-corrected chi connectivity index (χ3v) is 2.77. The Labute approximate surface area is 111 Å². The van der Waals surface area contributed by atoms with E-state index in [0.29, 0.717) is 9.26 Å². The van der Waals surface area contributed by atoms with Crippen LogP contribution < -0.4 is 15.8 Å². The fraction of sp³-hybridized carbons (Fsp3) is 0.111. The van der Waals surface area contributed by atoms with Crippen molar-refractivity contribution in [1.29, 1.82) is 0 Å². The number of rotatable bonds is 3. The summed E-state index contributed by atoms with van der Waals surface area (Å²) in [4.78, 5) is 10.9. The van der Waals surface area contributed by atoms with Gasteiger partial charge < -0.3 is 20.9 Å². The normalized spacial score (nSPS) is 9.62. The predicted octanol–water partition coefficient (Wildman–Crippen LogP) is 1.65. The lowest BCUT2D eigenvalue weighted by atomic mass is 10.2. The van der Waals surface area contributed by atoms with Crippen molar-refractivity contribution in [1.82, 2.24) is 0 Å². The van der Waals surface area contributed by atoms with E-state index in [2.05, 4.69) is 5.32 Å². The molecule has 0 bridgehead atoms. The fourth-order valence-corrected chi connectivity index (χ4v) is 1.83. The molecule has 1 aromatic rings. The summed E-state index contributed by atoms with van der Waals surface area (Å²) in [6.07, 6.45) is 0. The third kappa shape index (κ3) is 2.95. The molecule has 0 unspecified atom stereocenters. The van der Waals surface area contributed by atoms with Crippen LogP contribution in [0.3, 0.4) is 0 Å². The Kier molecular flexibility index (Phi) is 4.30. The number of methoxy groups -OCH3 is 1. The summed E-state index contributed by atoms with van der Waals surface area (Å²) in [7, 11) is 1.40. The quantitative estimate of drug-likeness (QED) is 0.567. The van der Waals surface area contributed by atoms with Crippen LogP contribution in [-0.4, -0.2) is 23.3 Å². The van der Waals surface area contributed by atoms with Gasteiger partial charge in [-0.2, -0.15) is 0 Å². The SMILES string of the molecule is COc1cc(NC(N)=S)c(I)cc1C(=O)O. The predicted molar refractivity (Wildman–Crippen MR) is 73.1 cm³/mol. The van der Waals surface area contributed by atoms with E-state index < -0.39 is 5.97 Å². The monoisotopic (exact) mass is 352 g/mol. The summed E-state index contributed by atoms with van der Waals surface area (Å²) in [5, 5.41) is 11.8. The van der Waals surface area contributed by atoms with Gasteiger partial charge in [0.2, 0.25) is 0 Å². The summed E-state index contributed by atoms with van der Waals surface area (Å²) >= 11 is 6.70. The van der Waals surface area contributed by atoms with E-state index in [-0.39, 0.29) is 16.4 Å². The first-order valence-corrected chi connectivity index (χ1v) is 5.61. The molecule has 0 aromatic heterocycles. The molecule has 86 valence electrons. The zero-order chi connectivity index (χ0) is 12.3. The molecule has 1 aromatic carbocycles. The summed E-state index contributed by atoms with van der Waals surface area (Å²) in [6, 6.07) is 3.03. The van der Waals surface area contributed by atoms with E-state index in [1.807, 2.05) is 22.6 Å². The maximum Gasteiger partial charge on any atom is 0.339 e. The number of nitrogens with two attached hydrogens (primary N) is 1. The number of ether oxygens (including phenoxy) is 1. The zero-order valence-corrected chi connectivity index (χ0v) is 11.3. The van der Waals surface area contributed by atoms with E-state index in [9.17, 15) is 4.79 Å². The zero-order valence-electron chi connectivity index (χ0n) is 8.28. The number of hydrogen-bond acceptors (Lipinski definition) is 3. The first kappa shape index (κ1) is 13.0. The number of carbonyl (C=O) groups is 1. The van der Waals surface area contributed by atoms with Gasteiger partial charge in [0.15, 0.2) is 5.11 Å². The van der Waals surface area contributed by atoms with Crippen LogP contribution >= 0.6 is 34.8 Å². The topological polar surface area (TPSA) is 84.6 Å². The van der Waals surface area contributed by atoms with Crippen LogP contribution in [0, 0.1) is 3.57 Å². The maximum absolute atomic E-state index is 10.9. The summed E-state index contributed by atoms with van der Waals surface area (Å²) in [6.45, 7) is 0. The Morgan fingerprint density at radius 2 is 2.25 bits per heavy atom. The van der Waals surface area contributed by atoms with Gasteiger partial charge >= 0.3 is 5.97 Å². The minimum absolute atomic E-state index is 0.0976. The lowest BCUT2D eigenvalue weighted by Gasteiger charge is -2.11. The third-order valence-electron chi connectivity index (χ3n) is 1.78. The molecule has 0 heterocycles.